The Balaban J connectivity index is 1.53. The van der Waals surface area contributed by atoms with Crippen LogP contribution in [0.25, 0.3) is 27.7 Å². The summed E-state index contributed by atoms with van der Waals surface area (Å²) < 4.78 is 7.55. The smallest absolute Gasteiger partial charge is 0.263 e. The SMILES string of the molecule is CN(Cc1cc2ccccc2o1)c1nc2c(cnn2-c2ccccc2)c(=O)[nH]1. The Kier molecular flexibility index (Phi) is 3.72. The predicted octanol–water partition coefficient (Wildman–Crippen LogP) is 3.49. The number of anilines is 1. The zero-order chi connectivity index (χ0) is 19.1. The molecule has 0 saturated carbocycles. The first-order chi connectivity index (χ1) is 13.7. The fraction of sp³-hybridized carbons (Fsp3) is 0.0952. The quantitative estimate of drug-likeness (QED) is 0.523. The number of furan rings is 1. The number of hydrogen-bond acceptors (Lipinski definition) is 5. The first-order valence-corrected chi connectivity index (χ1v) is 8.91. The van der Waals surface area contributed by atoms with E-state index in [-0.39, 0.29) is 5.56 Å². The van der Waals surface area contributed by atoms with E-state index in [1.807, 2.05) is 72.6 Å². The first kappa shape index (κ1) is 16.3. The van der Waals surface area contributed by atoms with E-state index in [0.29, 0.717) is 23.5 Å². The van der Waals surface area contributed by atoms with Crippen LogP contribution in [0.5, 0.6) is 0 Å². The molecule has 0 saturated heterocycles. The lowest BCUT2D eigenvalue weighted by Crippen LogP contribution is -2.22. The van der Waals surface area contributed by atoms with Gasteiger partial charge in [-0.1, -0.05) is 36.4 Å². The number of benzene rings is 2. The number of aromatic amines is 1. The Morgan fingerprint density at radius 2 is 1.89 bits per heavy atom. The van der Waals surface area contributed by atoms with E-state index in [4.69, 9.17) is 4.42 Å². The molecule has 7 heteroatoms. The maximum atomic E-state index is 12.5. The van der Waals surface area contributed by atoms with Crippen LogP contribution in [0.15, 0.2) is 76.1 Å². The zero-order valence-corrected chi connectivity index (χ0v) is 15.2. The van der Waals surface area contributed by atoms with Gasteiger partial charge in [0, 0.05) is 12.4 Å². The molecule has 0 amide bonds. The third-order valence-electron chi connectivity index (χ3n) is 4.66. The molecule has 0 aliphatic heterocycles. The zero-order valence-electron chi connectivity index (χ0n) is 15.2. The summed E-state index contributed by atoms with van der Waals surface area (Å²) in [4.78, 5) is 21.9. The summed E-state index contributed by atoms with van der Waals surface area (Å²) in [5.74, 6) is 1.25. The average Bonchev–Trinajstić information content (AvgIpc) is 3.32. The molecule has 7 nitrogen and oxygen atoms in total. The van der Waals surface area contributed by atoms with Gasteiger partial charge in [0.25, 0.3) is 5.56 Å². The van der Waals surface area contributed by atoms with E-state index in [1.165, 1.54) is 6.20 Å². The van der Waals surface area contributed by atoms with Crippen LogP contribution in [-0.4, -0.2) is 26.8 Å². The normalized spacial score (nSPS) is 11.3. The van der Waals surface area contributed by atoms with Crippen molar-refractivity contribution in [3.8, 4) is 5.69 Å². The van der Waals surface area contributed by atoms with E-state index in [1.54, 1.807) is 4.68 Å². The van der Waals surface area contributed by atoms with Crippen LogP contribution in [0, 0.1) is 0 Å². The number of nitrogens with one attached hydrogen (secondary N) is 1. The van der Waals surface area contributed by atoms with Gasteiger partial charge < -0.3 is 9.32 Å². The molecule has 0 fully saturated rings. The summed E-state index contributed by atoms with van der Waals surface area (Å²) in [6.45, 7) is 0.475. The lowest BCUT2D eigenvalue weighted by atomic mass is 10.2. The van der Waals surface area contributed by atoms with Crippen LogP contribution in [0.4, 0.5) is 5.95 Å². The number of H-pyrrole nitrogens is 1. The molecular weight excluding hydrogens is 354 g/mol. The highest BCUT2D eigenvalue weighted by Crippen LogP contribution is 2.21. The average molecular weight is 371 g/mol. The molecule has 5 rings (SSSR count). The number of aromatic nitrogens is 4. The minimum atomic E-state index is -0.223. The van der Waals surface area contributed by atoms with Crippen molar-refractivity contribution < 1.29 is 4.42 Å². The molecule has 0 aliphatic rings. The van der Waals surface area contributed by atoms with Crippen molar-refractivity contribution in [2.45, 2.75) is 6.54 Å². The van der Waals surface area contributed by atoms with E-state index in [0.717, 1.165) is 22.4 Å². The van der Waals surface area contributed by atoms with Crippen LogP contribution >= 0.6 is 0 Å². The lowest BCUT2D eigenvalue weighted by molar-refractivity contribution is 0.544. The molecule has 0 spiro atoms. The second-order valence-electron chi connectivity index (χ2n) is 6.63. The van der Waals surface area contributed by atoms with Gasteiger partial charge in [-0.25, -0.2) is 4.68 Å². The largest absolute Gasteiger partial charge is 0.459 e. The molecule has 2 aromatic carbocycles. The summed E-state index contributed by atoms with van der Waals surface area (Å²) in [7, 11) is 1.86. The summed E-state index contributed by atoms with van der Waals surface area (Å²) in [5, 5.41) is 5.83. The maximum Gasteiger partial charge on any atom is 0.263 e. The number of nitrogens with zero attached hydrogens (tertiary/aromatic N) is 4. The number of hydrogen-bond donors (Lipinski definition) is 1. The fourth-order valence-electron chi connectivity index (χ4n) is 3.27. The summed E-state index contributed by atoms with van der Waals surface area (Å²) in [5.41, 5.74) is 1.98. The van der Waals surface area contributed by atoms with Crippen LogP contribution in [0.3, 0.4) is 0 Å². The van der Waals surface area contributed by atoms with Crippen molar-refractivity contribution in [2.24, 2.45) is 0 Å². The minimum absolute atomic E-state index is 0.223. The molecule has 1 N–H and O–H groups in total. The Morgan fingerprint density at radius 3 is 2.71 bits per heavy atom. The maximum absolute atomic E-state index is 12.5. The molecule has 3 aromatic heterocycles. The van der Waals surface area contributed by atoms with Crippen molar-refractivity contribution in [3.63, 3.8) is 0 Å². The third-order valence-corrected chi connectivity index (χ3v) is 4.66. The van der Waals surface area contributed by atoms with Crippen LogP contribution < -0.4 is 10.5 Å². The predicted molar refractivity (Wildman–Crippen MR) is 108 cm³/mol. The Labute approximate surface area is 159 Å². The second-order valence-corrected chi connectivity index (χ2v) is 6.63. The van der Waals surface area contributed by atoms with Gasteiger partial charge in [0.15, 0.2) is 5.65 Å². The molecule has 5 aromatic rings. The third kappa shape index (κ3) is 2.73. The van der Waals surface area contributed by atoms with Gasteiger partial charge in [-0.2, -0.15) is 10.1 Å². The Hall–Kier alpha value is -3.87. The lowest BCUT2D eigenvalue weighted by Gasteiger charge is -2.16. The molecule has 3 heterocycles. The van der Waals surface area contributed by atoms with Crippen molar-refractivity contribution in [1.82, 2.24) is 19.7 Å². The summed E-state index contributed by atoms with van der Waals surface area (Å²) in [6.07, 6.45) is 1.54. The van der Waals surface area contributed by atoms with E-state index in [9.17, 15) is 4.79 Å². The van der Waals surface area contributed by atoms with Crippen molar-refractivity contribution in [2.75, 3.05) is 11.9 Å². The number of para-hydroxylation sites is 2. The Bertz CT molecular complexity index is 1300. The van der Waals surface area contributed by atoms with Crippen molar-refractivity contribution in [1.29, 1.82) is 0 Å². The highest BCUT2D eigenvalue weighted by molar-refractivity contribution is 5.78. The van der Waals surface area contributed by atoms with E-state index < -0.39 is 0 Å². The van der Waals surface area contributed by atoms with Crippen LogP contribution in [-0.2, 0) is 6.54 Å². The summed E-state index contributed by atoms with van der Waals surface area (Å²) in [6, 6.07) is 19.5. The first-order valence-electron chi connectivity index (χ1n) is 8.91. The van der Waals surface area contributed by atoms with E-state index >= 15 is 0 Å². The van der Waals surface area contributed by atoms with Gasteiger partial charge in [0.2, 0.25) is 5.95 Å². The molecule has 0 atom stereocenters. The van der Waals surface area contributed by atoms with Gasteiger partial charge >= 0.3 is 0 Å². The monoisotopic (exact) mass is 371 g/mol. The van der Waals surface area contributed by atoms with Gasteiger partial charge in [0.05, 0.1) is 18.4 Å². The highest BCUT2D eigenvalue weighted by Gasteiger charge is 2.15. The Morgan fingerprint density at radius 1 is 1.11 bits per heavy atom. The van der Waals surface area contributed by atoms with Crippen molar-refractivity contribution in [3.05, 3.63) is 83.0 Å². The van der Waals surface area contributed by atoms with Gasteiger partial charge in [-0.05, 0) is 24.3 Å². The van der Waals surface area contributed by atoms with Gasteiger partial charge in [0.1, 0.15) is 16.7 Å². The van der Waals surface area contributed by atoms with E-state index in [2.05, 4.69) is 15.1 Å². The molecule has 28 heavy (non-hydrogen) atoms. The highest BCUT2D eigenvalue weighted by atomic mass is 16.3. The van der Waals surface area contributed by atoms with Gasteiger partial charge in [-0.15, -0.1) is 0 Å². The van der Waals surface area contributed by atoms with Crippen LogP contribution in [0.2, 0.25) is 0 Å². The number of fused-ring (bicyclic) bond motifs is 2. The molecule has 0 unspecified atom stereocenters. The van der Waals surface area contributed by atoms with Gasteiger partial charge in [-0.3, -0.25) is 9.78 Å². The standard InChI is InChI=1S/C21H17N5O2/c1-25(13-16-11-14-7-5-6-10-18(14)28-16)21-23-19-17(20(27)24-21)12-22-26(19)15-8-3-2-4-9-15/h2-12H,13H2,1H3,(H,23,24,27). The fourth-order valence-corrected chi connectivity index (χ4v) is 3.27. The molecular formula is C21H17N5O2. The number of rotatable bonds is 4. The molecule has 0 radical (unpaired) electrons. The van der Waals surface area contributed by atoms with Crippen molar-refractivity contribution >= 4 is 28.0 Å². The molecule has 138 valence electrons. The summed E-state index contributed by atoms with van der Waals surface area (Å²) >= 11 is 0. The topological polar surface area (TPSA) is 79.9 Å². The second kappa shape index (κ2) is 6.38. The minimum Gasteiger partial charge on any atom is -0.459 e. The molecule has 0 aliphatic carbocycles. The molecule has 0 bridgehead atoms. The van der Waals surface area contributed by atoms with Crippen LogP contribution in [0.1, 0.15) is 5.76 Å².